The fourth-order valence-electron chi connectivity index (χ4n) is 3.54. The van der Waals surface area contributed by atoms with Gasteiger partial charge >= 0.3 is 0 Å². The van der Waals surface area contributed by atoms with Crippen molar-refractivity contribution < 1.29 is 4.79 Å². The fourth-order valence-corrected chi connectivity index (χ4v) is 3.54. The molecule has 3 atom stereocenters. The van der Waals surface area contributed by atoms with Crippen molar-refractivity contribution in [2.75, 3.05) is 6.67 Å². The summed E-state index contributed by atoms with van der Waals surface area (Å²) in [4.78, 5) is 14.7. The molecular weight excluding hydrogens is 224 g/mol. The van der Waals surface area contributed by atoms with Crippen LogP contribution in [0.5, 0.6) is 0 Å². The van der Waals surface area contributed by atoms with Crippen LogP contribution in [-0.2, 0) is 4.79 Å². The summed E-state index contributed by atoms with van der Waals surface area (Å²) in [6.07, 6.45) is 6.06. The van der Waals surface area contributed by atoms with E-state index in [1.165, 1.54) is 25.7 Å². The van der Waals surface area contributed by atoms with E-state index in [0.29, 0.717) is 17.9 Å². The predicted octanol–water partition coefficient (Wildman–Crippen LogP) is 2.76. The zero-order valence-corrected chi connectivity index (χ0v) is 12.3. The van der Waals surface area contributed by atoms with Gasteiger partial charge in [-0.1, -0.05) is 47.0 Å². The molecule has 1 N–H and O–H groups in total. The molecule has 0 aromatic heterocycles. The van der Waals surface area contributed by atoms with Gasteiger partial charge in [0, 0.05) is 6.04 Å². The van der Waals surface area contributed by atoms with Crippen LogP contribution in [0.4, 0.5) is 0 Å². The summed E-state index contributed by atoms with van der Waals surface area (Å²) in [5.41, 5.74) is 0.278. The summed E-state index contributed by atoms with van der Waals surface area (Å²) in [5.74, 6) is 0.776. The fraction of sp³-hybridized carbons (Fsp3) is 0.933. The summed E-state index contributed by atoms with van der Waals surface area (Å²) >= 11 is 0. The van der Waals surface area contributed by atoms with Gasteiger partial charge in [0.1, 0.15) is 0 Å². The van der Waals surface area contributed by atoms with Crippen LogP contribution in [0.25, 0.3) is 0 Å². The molecule has 0 aromatic rings. The van der Waals surface area contributed by atoms with Gasteiger partial charge in [-0.15, -0.1) is 0 Å². The van der Waals surface area contributed by atoms with E-state index in [9.17, 15) is 4.79 Å². The third-order valence-electron chi connectivity index (χ3n) is 5.07. The van der Waals surface area contributed by atoms with Gasteiger partial charge in [0.25, 0.3) is 0 Å². The molecule has 2 rings (SSSR count). The summed E-state index contributed by atoms with van der Waals surface area (Å²) in [6, 6.07) is 0.480. The molecule has 2 aliphatic rings. The van der Waals surface area contributed by atoms with Crippen LogP contribution in [0, 0.1) is 11.3 Å². The van der Waals surface area contributed by atoms with E-state index < -0.39 is 0 Å². The van der Waals surface area contributed by atoms with Crippen molar-refractivity contribution in [2.24, 2.45) is 11.3 Å². The molecule has 1 aliphatic heterocycles. The number of carbonyl (C=O) groups excluding carboxylic acids is 1. The van der Waals surface area contributed by atoms with E-state index in [1.54, 1.807) is 0 Å². The highest BCUT2D eigenvalue weighted by Gasteiger charge is 2.43. The van der Waals surface area contributed by atoms with Crippen molar-refractivity contribution in [1.82, 2.24) is 10.2 Å². The molecule has 2 fully saturated rings. The van der Waals surface area contributed by atoms with Crippen LogP contribution in [0.3, 0.4) is 0 Å². The molecule has 1 saturated heterocycles. The molecule has 0 bridgehead atoms. The Kier molecular flexibility index (Phi) is 4.00. The lowest BCUT2D eigenvalue weighted by Gasteiger charge is -2.43. The van der Waals surface area contributed by atoms with Gasteiger partial charge in [0.2, 0.25) is 5.91 Å². The average molecular weight is 252 g/mol. The first-order valence-corrected chi connectivity index (χ1v) is 7.51. The number of amides is 1. The minimum absolute atomic E-state index is 0.0488. The minimum atomic E-state index is 0.0488. The molecule has 0 aromatic carbocycles. The van der Waals surface area contributed by atoms with Crippen LogP contribution in [0.15, 0.2) is 0 Å². The third-order valence-corrected chi connectivity index (χ3v) is 5.07. The first kappa shape index (κ1) is 13.9. The van der Waals surface area contributed by atoms with Crippen molar-refractivity contribution >= 4 is 5.91 Å². The Balaban J connectivity index is 2.08. The maximum absolute atomic E-state index is 12.6. The second kappa shape index (κ2) is 5.20. The molecule has 0 radical (unpaired) electrons. The first-order chi connectivity index (χ1) is 8.47. The standard InChI is InChI=1S/C15H28N2O/c1-5-11(2)13-14(18)17(10-16-13)12-8-6-7-9-15(12,3)4/h11-13,16H,5-10H2,1-4H3. The van der Waals surface area contributed by atoms with Gasteiger partial charge < -0.3 is 4.90 Å². The van der Waals surface area contributed by atoms with Gasteiger partial charge in [-0.3, -0.25) is 10.1 Å². The highest BCUT2D eigenvalue weighted by Crippen LogP contribution is 2.39. The smallest absolute Gasteiger partial charge is 0.241 e. The van der Waals surface area contributed by atoms with Crippen LogP contribution < -0.4 is 5.32 Å². The Morgan fingerprint density at radius 1 is 1.44 bits per heavy atom. The summed E-state index contributed by atoms with van der Waals surface area (Å²) < 4.78 is 0. The van der Waals surface area contributed by atoms with Crippen molar-refractivity contribution in [1.29, 1.82) is 0 Å². The van der Waals surface area contributed by atoms with Gasteiger partial charge in [-0.2, -0.15) is 0 Å². The molecule has 18 heavy (non-hydrogen) atoms. The number of rotatable bonds is 3. The first-order valence-electron chi connectivity index (χ1n) is 7.51. The summed E-state index contributed by atoms with van der Waals surface area (Å²) in [6.45, 7) is 9.72. The van der Waals surface area contributed by atoms with E-state index >= 15 is 0 Å². The third kappa shape index (κ3) is 2.42. The van der Waals surface area contributed by atoms with Crippen LogP contribution in [0.1, 0.15) is 59.8 Å². The molecule has 3 heteroatoms. The highest BCUT2D eigenvalue weighted by atomic mass is 16.2. The van der Waals surface area contributed by atoms with Crippen LogP contribution in [0.2, 0.25) is 0 Å². The van der Waals surface area contributed by atoms with E-state index in [-0.39, 0.29) is 11.5 Å². The molecule has 1 saturated carbocycles. The summed E-state index contributed by atoms with van der Waals surface area (Å²) in [5, 5.41) is 3.42. The molecule has 3 nitrogen and oxygen atoms in total. The molecule has 1 heterocycles. The maximum atomic E-state index is 12.6. The zero-order valence-electron chi connectivity index (χ0n) is 12.3. The number of nitrogens with zero attached hydrogens (tertiary/aromatic N) is 1. The van der Waals surface area contributed by atoms with Crippen molar-refractivity contribution in [2.45, 2.75) is 71.9 Å². The van der Waals surface area contributed by atoms with E-state index in [4.69, 9.17) is 0 Å². The Morgan fingerprint density at radius 2 is 2.17 bits per heavy atom. The molecule has 1 amide bonds. The predicted molar refractivity (Wildman–Crippen MR) is 74.1 cm³/mol. The lowest BCUT2D eigenvalue weighted by atomic mass is 9.72. The minimum Gasteiger partial charge on any atom is -0.325 e. The van der Waals surface area contributed by atoms with E-state index in [0.717, 1.165) is 13.1 Å². The quantitative estimate of drug-likeness (QED) is 0.837. The van der Waals surface area contributed by atoms with Crippen LogP contribution >= 0.6 is 0 Å². The molecular formula is C15H28N2O. The Morgan fingerprint density at radius 3 is 2.78 bits per heavy atom. The van der Waals surface area contributed by atoms with Crippen LogP contribution in [-0.4, -0.2) is 29.6 Å². The maximum Gasteiger partial charge on any atom is 0.241 e. The van der Waals surface area contributed by atoms with Gasteiger partial charge in [-0.25, -0.2) is 0 Å². The molecule has 104 valence electrons. The molecule has 3 unspecified atom stereocenters. The monoisotopic (exact) mass is 252 g/mol. The normalized spacial score (nSPS) is 33.8. The van der Waals surface area contributed by atoms with Crippen molar-refractivity contribution in [3.8, 4) is 0 Å². The Hall–Kier alpha value is -0.570. The van der Waals surface area contributed by atoms with Crippen molar-refractivity contribution in [3.05, 3.63) is 0 Å². The van der Waals surface area contributed by atoms with Gasteiger partial charge in [0.15, 0.2) is 0 Å². The number of hydrogen-bond donors (Lipinski definition) is 1. The number of hydrogen-bond acceptors (Lipinski definition) is 2. The zero-order chi connectivity index (χ0) is 13.3. The number of carbonyl (C=O) groups is 1. The lowest BCUT2D eigenvalue weighted by Crippen LogP contribution is -2.49. The summed E-state index contributed by atoms with van der Waals surface area (Å²) in [7, 11) is 0. The topological polar surface area (TPSA) is 32.3 Å². The van der Waals surface area contributed by atoms with Gasteiger partial charge in [-0.05, 0) is 24.2 Å². The second-order valence-electron chi connectivity index (χ2n) is 6.78. The Labute approximate surface area is 111 Å². The average Bonchev–Trinajstić information content (AvgIpc) is 2.70. The largest absolute Gasteiger partial charge is 0.325 e. The van der Waals surface area contributed by atoms with E-state index in [1.807, 2.05) is 0 Å². The van der Waals surface area contributed by atoms with Gasteiger partial charge in [0.05, 0.1) is 12.7 Å². The Bertz CT molecular complexity index is 314. The number of nitrogens with one attached hydrogen (secondary N) is 1. The highest BCUT2D eigenvalue weighted by molar-refractivity contribution is 5.84. The van der Waals surface area contributed by atoms with Crippen molar-refractivity contribution in [3.63, 3.8) is 0 Å². The SMILES string of the molecule is CCC(C)C1NCN(C2CCCCC2(C)C)C1=O. The second-order valence-corrected chi connectivity index (χ2v) is 6.78. The molecule has 1 aliphatic carbocycles. The van der Waals surface area contributed by atoms with E-state index in [2.05, 4.69) is 37.9 Å². The lowest BCUT2D eigenvalue weighted by molar-refractivity contribution is -0.135. The molecule has 0 spiro atoms.